The summed E-state index contributed by atoms with van der Waals surface area (Å²) in [6, 6.07) is 11.0. The smallest absolute Gasteiger partial charge is 0.235 e. The van der Waals surface area contributed by atoms with Gasteiger partial charge in [0.25, 0.3) is 0 Å². The molecule has 0 fully saturated rings. The minimum absolute atomic E-state index is 0.0216. The zero-order valence-corrected chi connectivity index (χ0v) is 11.7. The molecule has 3 aromatic rings. The first-order chi connectivity index (χ1) is 10.4. The number of hydrogen-bond donors (Lipinski definition) is 0. The van der Waals surface area contributed by atoms with Gasteiger partial charge in [-0.1, -0.05) is 35.9 Å². The van der Waals surface area contributed by atoms with E-state index in [9.17, 15) is 17.6 Å². The van der Waals surface area contributed by atoms with Crippen LogP contribution in [-0.2, 0) is 6.18 Å². The average Bonchev–Trinajstić information content (AvgIpc) is 2.45. The van der Waals surface area contributed by atoms with E-state index in [1.807, 2.05) is 0 Å². The largest absolute Gasteiger partial charge is 0.416 e. The Bertz CT molecular complexity index is 858. The second-order valence-electron chi connectivity index (χ2n) is 4.71. The van der Waals surface area contributed by atoms with Gasteiger partial charge in [0.15, 0.2) is 0 Å². The van der Waals surface area contributed by atoms with Crippen molar-refractivity contribution in [1.29, 1.82) is 0 Å². The van der Waals surface area contributed by atoms with Gasteiger partial charge in [0.2, 0.25) is 0 Å². The van der Waals surface area contributed by atoms with Gasteiger partial charge in [-0.15, -0.1) is 0 Å². The summed E-state index contributed by atoms with van der Waals surface area (Å²) in [5.74, 6) is -0.991. The third-order valence-electron chi connectivity index (χ3n) is 3.26. The lowest BCUT2D eigenvalue weighted by Gasteiger charge is -2.11. The lowest BCUT2D eigenvalue weighted by molar-refractivity contribution is -0.137. The zero-order chi connectivity index (χ0) is 15.9. The second kappa shape index (κ2) is 5.25. The molecule has 0 spiro atoms. The van der Waals surface area contributed by atoms with Gasteiger partial charge in [-0.25, -0.2) is 9.37 Å². The molecular formula is C16H8ClF4N. The Balaban J connectivity index is 2.24. The Labute approximate surface area is 128 Å². The molecule has 3 rings (SSSR count). The molecule has 1 heterocycles. The highest BCUT2D eigenvalue weighted by molar-refractivity contribution is 6.30. The fourth-order valence-corrected chi connectivity index (χ4v) is 2.46. The minimum Gasteiger partial charge on any atom is -0.235 e. The second-order valence-corrected chi connectivity index (χ2v) is 5.09. The molecule has 1 aromatic heterocycles. The van der Waals surface area contributed by atoms with Gasteiger partial charge >= 0.3 is 6.18 Å². The molecule has 6 heteroatoms. The summed E-state index contributed by atoms with van der Waals surface area (Å²) in [6.45, 7) is 0. The summed E-state index contributed by atoms with van der Waals surface area (Å²) in [5.41, 5.74) is -0.846. The molecule has 0 saturated carbocycles. The molecule has 22 heavy (non-hydrogen) atoms. The van der Waals surface area contributed by atoms with Crippen LogP contribution in [0.2, 0.25) is 5.15 Å². The van der Waals surface area contributed by atoms with Crippen LogP contribution in [0, 0.1) is 5.82 Å². The Morgan fingerprint density at radius 1 is 0.955 bits per heavy atom. The van der Waals surface area contributed by atoms with Crippen LogP contribution in [0.4, 0.5) is 17.6 Å². The van der Waals surface area contributed by atoms with Gasteiger partial charge in [0, 0.05) is 10.9 Å². The SMILES string of the molecule is Fc1cc(C(F)(F)F)ccc1-c1nc(Cl)cc2ccccc12. The fourth-order valence-electron chi connectivity index (χ4n) is 2.25. The van der Waals surface area contributed by atoms with Gasteiger partial charge in [-0.3, -0.25) is 0 Å². The van der Waals surface area contributed by atoms with Crippen molar-refractivity contribution in [3.05, 3.63) is 65.1 Å². The van der Waals surface area contributed by atoms with Crippen LogP contribution in [0.25, 0.3) is 22.0 Å². The molecule has 1 nitrogen and oxygen atoms in total. The summed E-state index contributed by atoms with van der Waals surface area (Å²) < 4.78 is 52.0. The van der Waals surface area contributed by atoms with Crippen molar-refractivity contribution in [1.82, 2.24) is 4.98 Å². The van der Waals surface area contributed by atoms with E-state index >= 15 is 0 Å². The van der Waals surface area contributed by atoms with Crippen molar-refractivity contribution in [3.8, 4) is 11.3 Å². The summed E-state index contributed by atoms with van der Waals surface area (Å²) in [6.07, 6.45) is -4.59. The molecular weight excluding hydrogens is 318 g/mol. The van der Waals surface area contributed by atoms with E-state index in [2.05, 4.69) is 4.98 Å². The quantitative estimate of drug-likeness (QED) is 0.412. The first-order valence-electron chi connectivity index (χ1n) is 6.28. The lowest BCUT2D eigenvalue weighted by Crippen LogP contribution is -2.05. The van der Waals surface area contributed by atoms with E-state index in [1.54, 1.807) is 30.3 Å². The predicted octanol–water partition coefficient (Wildman–Crippen LogP) is 5.71. The zero-order valence-electron chi connectivity index (χ0n) is 11.0. The van der Waals surface area contributed by atoms with Gasteiger partial charge in [-0.05, 0) is 29.7 Å². The summed E-state index contributed by atoms with van der Waals surface area (Å²) in [7, 11) is 0. The maximum absolute atomic E-state index is 14.1. The predicted molar refractivity (Wildman–Crippen MR) is 77.1 cm³/mol. The molecule has 0 aliphatic heterocycles. The summed E-state index contributed by atoms with van der Waals surface area (Å²) >= 11 is 5.92. The highest BCUT2D eigenvalue weighted by Crippen LogP contribution is 2.35. The number of alkyl halides is 3. The van der Waals surface area contributed by atoms with Crippen LogP contribution in [0.3, 0.4) is 0 Å². The minimum atomic E-state index is -4.59. The highest BCUT2D eigenvalue weighted by atomic mass is 35.5. The Morgan fingerprint density at radius 2 is 1.68 bits per heavy atom. The van der Waals surface area contributed by atoms with Crippen molar-refractivity contribution >= 4 is 22.4 Å². The molecule has 0 saturated heterocycles. The number of hydrogen-bond acceptors (Lipinski definition) is 1. The van der Waals surface area contributed by atoms with Gasteiger partial charge in [0.05, 0.1) is 11.3 Å². The lowest BCUT2D eigenvalue weighted by atomic mass is 10.0. The number of rotatable bonds is 1. The van der Waals surface area contributed by atoms with Gasteiger partial charge in [0.1, 0.15) is 11.0 Å². The van der Waals surface area contributed by atoms with Gasteiger partial charge < -0.3 is 0 Å². The van der Waals surface area contributed by atoms with Crippen molar-refractivity contribution < 1.29 is 17.6 Å². The van der Waals surface area contributed by atoms with E-state index < -0.39 is 17.6 Å². The van der Waals surface area contributed by atoms with Crippen LogP contribution in [0.5, 0.6) is 0 Å². The van der Waals surface area contributed by atoms with Crippen LogP contribution in [-0.4, -0.2) is 4.98 Å². The number of aromatic nitrogens is 1. The van der Waals surface area contributed by atoms with Crippen molar-refractivity contribution in [3.63, 3.8) is 0 Å². The van der Waals surface area contributed by atoms with Crippen molar-refractivity contribution in [2.24, 2.45) is 0 Å². The first kappa shape index (κ1) is 14.8. The normalized spacial score (nSPS) is 11.9. The van der Waals surface area contributed by atoms with E-state index in [1.165, 1.54) is 0 Å². The number of benzene rings is 2. The Morgan fingerprint density at radius 3 is 2.36 bits per heavy atom. The van der Waals surface area contributed by atoms with Crippen LogP contribution in [0.1, 0.15) is 5.56 Å². The van der Waals surface area contributed by atoms with E-state index in [-0.39, 0.29) is 16.4 Å². The van der Waals surface area contributed by atoms with Gasteiger partial charge in [-0.2, -0.15) is 13.2 Å². The first-order valence-corrected chi connectivity index (χ1v) is 6.66. The molecule has 0 amide bonds. The maximum Gasteiger partial charge on any atom is 0.416 e. The third kappa shape index (κ3) is 2.64. The molecule has 0 aliphatic rings. The van der Waals surface area contributed by atoms with Crippen molar-refractivity contribution in [2.45, 2.75) is 6.18 Å². The van der Waals surface area contributed by atoms with E-state index in [0.717, 1.165) is 17.5 Å². The molecule has 0 unspecified atom stereocenters. The van der Waals surface area contributed by atoms with E-state index in [0.29, 0.717) is 11.5 Å². The molecule has 112 valence electrons. The summed E-state index contributed by atoms with van der Waals surface area (Å²) in [4.78, 5) is 4.07. The standard InChI is InChI=1S/C16H8ClF4N/c17-14-7-9-3-1-2-4-11(9)15(22-14)12-6-5-10(8-13(12)18)16(19,20)21/h1-8H. The molecule has 0 atom stereocenters. The number of pyridine rings is 1. The average molecular weight is 326 g/mol. The molecule has 0 aliphatic carbocycles. The van der Waals surface area contributed by atoms with Crippen LogP contribution >= 0.6 is 11.6 Å². The van der Waals surface area contributed by atoms with Crippen LogP contribution < -0.4 is 0 Å². The number of halogens is 5. The van der Waals surface area contributed by atoms with Crippen molar-refractivity contribution in [2.75, 3.05) is 0 Å². The molecule has 0 radical (unpaired) electrons. The number of nitrogens with zero attached hydrogens (tertiary/aromatic N) is 1. The molecule has 2 aromatic carbocycles. The van der Waals surface area contributed by atoms with E-state index in [4.69, 9.17) is 11.6 Å². The Kier molecular flexibility index (Phi) is 3.53. The monoisotopic (exact) mass is 325 g/mol. The molecule has 0 bridgehead atoms. The highest BCUT2D eigenvalue weighted by Gasteiger charge is 2.31. The topological polar surface area (TPSA) is 12.9 Å². The molecule has 0 N–H and O–H groups in total. The number of fused-ring (bicyclic) bond motifs is 1. The van der Waals surface area contributed by atoms with Crippen LogP contribution in [0.15, 0.2) is 48.5 Å². The summed E-state index contributed by atoms with van der Waals surface area (Å²) in [5, 5.41) is 1.50. The third-order valence-corrected chi connectivity index (χ3v) is 3.45. The maximum atomic E-state index is 14.1. The fraction of sp³-hybridized carbons (Fsp3) is 0.0625. The Hall–Kier alpha value is -2.14.